The largest absolute Gasteiger partial charge is 0.328 e. The molecule has 142 valence electrons. The van der Waals surface area contributed by atoms with Gasteiger partial charge in [-0.25, -0.2) is 0 Å². The highest BCUT2D eigenvalue weighted by atomic mass is 79.9. The highest BCUT2D eigenvalue weighted by Crippen LogP contribution is 2.22. The standard InChI is InChI=1S/C23H21BrN2O2/c1-15-7-5-9-17(13-15)22(27)25-21(19-11-3-4-12-20(19)24)26-23(28)18-10-6-8-16(2)14-18/h3-14,21H,1-2H3,(H,25,27)(H,26,28). The van der Waals surface area contributed by atoms with E-state index in [9.17, 15) is 9.59 Å². The molecule has 2 amide bonds. The van der Waals surface area contributed by atoms with E-state index in [-0.39, 0.29) is 11.8 Å². The van der Waals surface area contributed by atoms with Crippen molar-refractivity contribution in [3.8, 4) is 0 Å². The molecular formula is C23H21BrN2O2. The number of rotatable bonds is 5. The van der Waals surface area contributed by atoms with E-state index in [4.69, 9.17) is 0 Å². The molecule has 4 nitrogen and oxygen atoms in total. The van der Waals surface area contributed by atoms with Crippen LogP contribution in [0.15, 0.2) is 77.3 Å². The average molecular weight is 437 g/mol. The van der Waals surface area contributed by atoms with Gasteiger partial charge in [0, 0.05) is 21.2 Å². The molecule has 0 aliphatic rings. The first-order chi connectivity index (χ1) is 13.4. The first kappa shape index (κ1) is 19.8. The zero-order valence-corrected chi connectivity index (χ0v) is 17.3. The van der Waals surface area contributed by atoms with Crippen LogP contribution in [0.1, 0.15) is 43.6 Å². The molecule has 0 aliphatic heterocycles. The number of carbonyl (C=O) groups excluding carboxylic acids is 2. The fourth-order valence-corrected chi connectivity index (χ4v) is 3.42. The Morgan fingerprint density at radius 3 is 1.71 bits per heavy atom. The van der Waals surface area contributed by atoms with Gasteiger partial charge in [-0.3, -0.25) is 9.59 Å². The van der Waals surface area contributed by atoms with Gasteiger partial charge in [-0.2, -0.15) is 0 Å². The van der Waals surface area contributed by atoms with Gasteiger partial charge >= 0.3 is 0 Å². The molecule has 5 heteroatoms. The van der Waals surface area contributed by atoms with E-state index in [1.54, 1.807) is 12.1 Å². The van der Waals surface area contributed by atoms with E-state index in [1.807, 2.05) is 74.5 Å². The lowest BCUT2D eigenvalue weighted by molar-refractivity contribution is 0.0883. The van der Waals surface area contributed by atoms with Crippen molar-refractivity contribution in [3.05, 3.63) is 105 Å². The van der Waals surface area contributed by atoms with Crippen LogP contribution in [0.3, 0.4) is 0 Å². The predicted molar refractivity (Wildman–Crippen MR) is 114 cm³/mol. The van der Waals surface area contributed by atoms with Gasteiger partial charge < -0.3 is 10.6 Å². The summed E-state index contributed by atoms with van der Waals surface area (Å²) < 4.78 is 0.800. The third-order valence-electron chi connectivity index (χ3n) is 4.33. The minimum Gasteiger partial charge on any atom is -0.328 e. The van der Waals surface area contributed by atoms with Gasteiger partial charge in [-0.05, 0) is 44.2 Å². The molecule has 28 heavy (non-hydrogen) atoms. The van der Waals surface area contributed by atoms with Crippen molar-refractivity contribution >= 4 is 27.7 Å². The SMILES string of the molecule is Cc1cccc(C(=O)NC(NC(=O)c2cccc(C)c2)c2ccccc2Br)c1. The lowest BCUT2D eigenvalue weighted by atomic mass is 10.1. The molecular weight excluding hydrogens is 416 g/mol. The summed E-state index contributed by atoms with van der Waals surface area (Å²) in [5.74, 6) is -0.511. The molecule has 0 bridgehead atoms. The number of amides is 2. The normalized spacial score (nSPS) is 10.6. The van der Waals surface area contributed by atoms with E-state index in [2.05, 4.69) is 26.6 Å². The highest BCUT2D eigenvalue weighted by Gasteiger charge is 2.21. The van der Waals surface area contributed by atoms with E-state index < -0.39 is 6.17 Å². The molecule has 0 atom stereocenters. The number of hydrogen-bond acceptors (Lipinski definition) is 2. The smallest absolute Gasteiger partial charge is 0.253 e. The van der Waals surface area contributed by atoms with Gasteiger partial charge in [0.1, 0.15) is 6.17 Å². The molecule has 0 unspecified atom stereocenters. The van der Waals surface area contributed by atoms with Crippen molar-refractivity contribution in [2.45, 2.75) is 20.0 Å². The minimum absolute atomic E-state index is 0.256. The maximum absolute atomic E-state index is 12.8. The number of carbonyl (C=O) groups is 2. The first-order valence-corrected chi connectivity index (χ1v) is 9.73. The molecule has 0 aromatic heterocycles. The molecule has 0 aliphatic carbocycles. The summed E-state index contributed by atoms with van der Waals surface area (Å²) in [7, 11) is 0. The molecule has 3 aromatic carbocycles. The van der Waals surface area contributed by atoms with Crippen LogP contribution >= 0.6 is 15.9 Å². The third kappa shape index (κ3) is 4.87. The van der Waals surface area contributed by atoms with E-state index in [0.29, 0.717) is 11.1 Å². The summed E-state index contributed by atoms with van der Waals surface area (Å²) in [6.45, 7) is 3.86. The second-order valence-corrected chi connectivity index (χ2v) is 7.49. The molecule has 0 fully saturated rings. The third-order valence-corrected chi connectivity index (χ3v) is 5.05. The molecule has 0 spiro atoms. The number of nitrogens with one attached hydrogen (secondary N) is 2. The Balaban J connectivity index is 1.88. The Hall–Kier alpha value is -2.92. The Bertz CT molecular complexity index is 957. The summed E-state index contributed by atoms with van der Waals surface area (Å²) in [5, 5.41) is 5.86. The maximum Gasteiger partial charge on any atom is 0.253 e. The van der Waals surface area contributed by atoms with Crippen molar-refractivity contribution in [1.82, 2.24) is 10.6 Å². The molecule has 0 heterocycles. The van der Waals surface area contributed by atoms with Crippen molar-refractivity contribution in [1.29, 1.82) is 0 Å². The van der Waals surface area contributed by atoms with Gasteiger partial charge in [0.2, 0.25) is 0 Å². The molecule has 3 rings (SSSR count). The Morgan fingerprint density at radius 2 is 1.25 bits per heavy atom. The Labute approximate surface area is 173 Å². The van der Waals surface area contributed by atoms with Crippen LogP contribution in [-0.2, 0) is 0 Å². The summed E-state index contributed by atoms with van der Waals surface area (Å²) in [5.41, 5.74) is 3.84. The van der Waals surface area contributed by atoms with Crippen LogP contribution in [0.25, 0.3) is 0 Å². The molecule has 0 radical (unpaired) electrons. The number of aryl methyl sites for hydroxylation is 2. The summed E-state index contributed by atoms with van der Waals surface area (Å²) in [4.78, 5) is 25.6. The lowest BCUT2D eigenvalue weighted by Gasteiger charge is -2.22. The van der Waals surface area contributed by atoms with Crippen LogP contribution < -0.4 is 10.6 Å². The summed E-state index contributed by atoms with van der Waals surface area (Å²) in [6.07, 6.45) is -0.684. The van der Waals surface area contributed by atoms with Crippen molar-refractivity contribution in [2.24, 2.45) is 0 Å². The van der Waals surface area contributed by atoms with Gasteiger partial charge in [-0.1, -0.05) is 69.5 Å². The van der Waals surface area contributed by atoms with Crippen molar-refractivity contribution in [3.63, 3.8) is 0 Å². The topological polar surface area (TPSA) is 58.2 Å². The van der Waals surface area contributed by atoms with Crippen LogP contribution in [-0.4, -0.2) is 11.8 Å². The molecule has 3 aromatic rings. The number of hydrogen-bond donors (Lipinski definition) is 2. The zero-order valence-electron chi connectivity index (χ0n) is 15.7. The second kappa shape index (κ2) is 8.85. The minimum atomic E-state index is -0.684. The first-order valence-electron chi connectivity index (χ1n) is 8.93. The number of benzene rings is 3. The van der Waals surface area contributed by atoms with Gasteiger partial charge in [0.15, 0.2) is 0 Å². The van der Waals surface area contributed by atoms with Crippen LogP contribution in [0.4, 0.5) is 0 Å². The highest BCUT2D eigenvalue weighted by molar-refractivity contribution is 9.10. The van der Waals surface area contributed by atoms with Gasteiger partial charge in [0.25, 0.3) is 11.8 Å². The molecule has 0 saturated carbocycles. The fourth-order valence-electron chi connectivity index (χ4n) is 2.90. The Kier molecular flexibility index (Phi) is 6.26. The van der Waals surface area contributed by atoms with Gasteiger partial charge in [-0.15, -0.1) is 0 Å². The Morgan fingerprint density at radius 1 is 0.750 bits per heavy atom. The van der Waals surface area contributed by atoms with Crippen molar-refractivity contribution < 1.29 is 9.59 Å². The van der Waals surface area contributed by atoms with Crippen molar-refractivity contribution in [2.75, 3.05) is 0 Å². The molecule has 2 N–H and O–H groups in total. The van der Waals surface area contributed by atoms with Crippen LogP contribution in [0, 0.1) is 13.8 Å². The zero-order chi connectivity index (χ0) is 20.1. The van der Waals surface area contributed by atoms with E-state index >= 15 is 0 Å². The predicted octanol–water partition coefficient (Wildman–Crippen LogP) is 4.92. The van der Waals surface area contributed by atoms with Crippen LogP contribution in [0.5, 0.6) is 0 Å². The summed E-state index contributed by atoms with van der Waals surface area (Å²) >= 11 is 3.51. The molecule has 0 saturated heterocycles. The van der Waals surface area contributed by atoms with Gasteiger partial charge in [0.05, 0.1) is 0 Å². The number of halogens is 1. The quantitative estimate of drug-likeness (QED) is 0.557. The van der Waals surface area contributed by atoms with Crippen LogP contribution in [0.2, 0.25) is 0 Å². The summed E-state index contributed by atoms with van der Waals surface area (Å²) in [6, 6.07) is 22.2. The maximum atomic E-state index is 12.8. The average Bonchev–Trinajstić information content (AvgIpc) is 2.68. The lowest BCUT2D eigenvalue weighted by Crippen LogP contribution is -2.41. The monoisotopic (exact) mass is 436 g/mol. The van der Waals surface area contributed by atoms with E-state index in [0.717, 1.165) is 21.2 Å². The second-order valence-electron chi connectivity index (χ2n) is 6.64. The fraction of sp³-hybridized carbons (Fsp3) is 0.130. The van der Waals surface area contributed by atoms with E-state index in [1.165, 1.54) is 0 Å².